The molecule has 25 heavy (non-hydrogen) atoms. The fraction of sp³-hybridized carbons (Fsp3) is 0.278. The van der Waals surface area contributed by atoms with Gasteiger partial charge in [-0.05, 0) is 6.92 Å². The first-order valence-corrected chi connectivity index (χ1v) is 8.47. The molecule has 0 bridgehead atoms. The average molecular weight is 356 g/mol. The Morgan fingerprint density at radius 2 is 1.96 bits per heavy atom. The maximum absolute atomic E-state index is 12.0. The number of ether oxygens (including phenoxy) is 1. The van der Waals surface area contributed by atoms with Gasteiger partial charge in [0.1, 0.15) is 5.01 Å². The van der Waals surface area contributed by atoms with Crippen molar-refractivity contribution in [3.05, 3.63) is 52.0 Å². The Labute approximate surface area is 149 Å². The van der Waals surface area contributed by atoms with Crippen molar-refractivity contribution in [3.63, 3.8) is 0 Å². The van der Waals surface area contributed by atoms with Crippen LogP contribution in [0.3, 0.4) is 0 Å². The van der Waals surface area contributed by atoms with Crippen molar-refractivity contribution in [2.75, 3.05) is 6.61 Å². The third kappa shape index (κ3) is 5.33. The third-order valence-electron chi connectivity index (χ3n) is 3.36. The number of aryl methyl sites for hydroxylation is 1. The molecular weight excluding hydrogens is 340 g/mol. The van der Waals surface area contributed by atoms with Crippen LogP contribution in [0.4, 0.5) is 0 Å². The highest BCUT2D eigenvalue weighted by Crippen LogP contribution is 2.20. The highest BCUT2D eigenvalue weighted by atomic mass is 32.1. The predicted octanol–water partition coefficient (Wildman–Crippen LogP) is 2.83. The SMILES string of the molecule is Cc1csc([C@@H](C#N)C(=O)COC(=O)CCC(=O)c2ccccc2)n1. The topological polar surface area (TPSA) is 97.1 Å². The Bertz CT molecular complexity index is 808. The number of nitrogens with zero attached hydrogens (tertiary/aromatic N) is 2. The Kier molecular flexibility index (Phi) is 6.54. The number of hydrogen-bond acceptors (Lipinski definition) is 7. The third-order valence-corrected chi connectivity index (χ3v) is 4.39. The van der Waals surface area contributed by atoms with E-state index in [4.69, 9.17) is 10.00 Å². The van der Waals surface area contributed by atoms with Crippen LogP contribution >= 0.6 is 11.3 Å². The van der Waals surface area contributed by atoms with Crippen LogP contribution in [0.15, 0.2) is 35.7 Å². The van der Waals surface area contributed by atoms with Gasteiger partial charge in [-0.3, -0.25) is 14.4 Å². The van der Waals surface area contributed by atoms with Gasteiger partial charge in [0.2, 0.25) is 0 Å². The molecule has 1 atom stereocenters. The fourth-order valence-corrected chi connectivity index (χ4v) is 2.92. The number of aromatic nitrogens is 1. The van der Waals surface area contributed by atoms with Crippen molar-refractivity contribution in [1.82, 2.24) is 4.98 Å². The van der Waals surface area contributed by atoms with Gasteiger partial charge in [-0.2, -0.15) is 5.26 Å². The van der Waals surface area contributed by atoms with Crippen molar-refractivity contribution in [2.24, 2.45) is 0 Å². The molecule has 0 radical (unpaired) electrons. The molecule has 6 nitrogen and oxygen atoms in total. The lowest BCUT2D eigenvalue weighted by Crippen LogP contribution is -2.20. The van der Waals surface area contributed by atoms with Crippen LogP contribution < -0.4 is 0 Å². The number of carbonyl (C=O) groups is 3. The van der Waals surface area contributed by atoms with Crippen LogP contribution in [-0.2, 0) is 14.3 Å². The molecule has 0 aliphatic heterocycles. The highest BCUT2D eigenvalue weighted by Gasteiger charge is 2.24. The quantitative estimate of drug-likeness (QED) is 0.533. The molecule has 0 N–H and O–H groups in total. The minimum Gasteiger partial charge on any atom is -0.458 e. The number of ketones is 2. The summed E-state index contributed by atoms with van der Waals surface area (Å²) in [7, 11) is 0. The predicted molar refractivity (Wildman–Crippen MR) is 91.2 cm³/mol. The molecule has 0 fully saturated rings. The van der Waals surface area contributed by atoms with Gasteiger partial charge in [0.15, 0.2) is 24.1 Å². The van der Waals surface area contributed by atoms with Crippen LogP contribution in [0.25, 0.3) is 0 Å². The van der Waals surface area contributed by atoms with Gasteiger partial charge in [-0.1, -0.05) is 30.3 Å². The molecule has 1 aromatic heterocycles. The van der Waals surface area contributed by atoms with E-state index in [0.29, 0.717) is 10.6 Å². The average Bonchev–Trinajstić information content (AvgIpc) is 3.05. The molecule has 0 saturated carbocycles. The zero-order valence-electron chi connectivity index (χ0n) is 13.6. The number of thiazole rings is 1. The highest BCUT2D eigenvalue weighted by molar-refractivity contribution is 7.09. The van der Waals surface area contributed by atoms with Crippen LogP contribution in [0.2, 0.25) is 0 Å². The largest absolute Gasteiger partial charge is 0.458 e. The molecule has 0 amide bonds. The molecule has 0 spiro atoms. The first-order chi connectivity index (χ1) is 12.0. The smallest absolute Gasteiger partial charge is 0.306 e. The van der Waals surface area contributed by atoms with Gasteiger partial charge in [-0.25, -0.2) is 4.98 Å². The van der Waals surface area contributed by atoms with E-state index in [2.05, 4.69) is 4.98 Å². The Hall–Kier alpha value is -2.85. The monoisotopic (exact) mass is 356 g/mol. The molecular formula is C18H16N2O4S. The Balaban J connectivity index is 1.80. The van der Waals surface area contributed by atoms with Gasteiger partial charge in [0, 0.05) is 23.1 Å². The molecule has 0 aliphatic rings. The van der Waals surface area contributed by atoms with Crippen LogP contribution in [0.5, 0.6) is 0 Å². The first kappa shape index (κ1) is 18.5. The summed E-state index contributed by atoms with van der Waals surface area (Å²) in [6, 6.07) is 10.5. The standard InChI is InChI=1S/C18H16N2O4S/c1-12-11-25-18(20-12)14(9-19)16(22)10-24-17(23)8-7-15(21)13-5-3-2-4-6-13/h2-6,11,14H,7-8,10H2,1H3/t14-/m0/s1. The summed E-state index contributed by atoms with van der Waals surface area (Å²) in [5.74, 6) is -2.39. The van der Waals surface area contributed by atoms with Crippen molar-refractivity contribution >= 4 is 28.9 Å². The second kappa shape index (κ2) is 8.85. The van der Waals surface area contributed by atoms with Gasteiger partial charge in [0.05, 0.1) is 12.5 Å². The van der Waals surface area contributed by atoms with Gasteiger partial charge >= 0.3 is 5.97 Å². The Morgan fingerprint density at radius 3 is 2.56 bits per heavy atom. The van der Waals surface area contributed by atoms with Crippen molar-refractivity contribution in [1.29, 1.82) is 5.26 Å². The second-order valence-electron chi connectivity index (χ2n) is 5.31. The summed E-state index contributed by atoms with van der Waals surface area (Å²) >= 11 is 1.22. The molecule has 128 valence electrons. The van der Waals surface area contributed by atoms with Crippen molar-refractivity contribution in [2.45, 2.75) is 25.7 Å². The number of esters is 1. The first-order valence-electron chi connectivity index (χ1n) is 7.59. The molecule has 0 saturated heterocycles. The van der Waals surface area contributed by atoms with E-state index in [1.807, 2.05) is 6.07 Å². The molecule has 2 rings (SSSR count). The minimum absolute atomic E-state index is 0.00436. The van der Waals surface area contributed by atoms with E-state index in [1.165, 1.54) is 11.3 Å². The van der Waals surface area contributed by atoms with Crippen LogP contribution in [0, 0.1) is 18.3 Å². The number of Topliss-reactive ketones (excluding diaryl/α,β-unsaturated/α-hetero) is 2. The summed E-state index contributed by atoms with van der Waals surface area (Å²) in [6.07, 6.45) is -0.112. The summed E-state index contributed by atoms with van der Waals surface area (Å²) in [6.45, 7) is 1.26. The number of nitriles is 1. The van der Waals surface area contributed by atoms with Gasteiger partial charge in [-0.15, -0.1) is 11.3 Å². The van der Waals surface area contributed by atoms with E-state index in [0.717, 1.165) is 5.69 Å². The zero-order chi connectivity index (χ0) is 18.2. The number of carbonyl (C=O) groups excluding carboxylic acids is 3. The number of hydrogen-bond donors (Lipinski definition) is 0. The molecule has 2 aromatic rings. The summed E-state index contributed by atoms with van der Waals surface area (Å²) in [5, 5.41) is 11.3. The lowest BCUT2D eigenvalue weighted by atomic mass is 10.1. The maximum atomic E-state index is 12.0. The van der Waals surface area contributed by atoms with E-state index in [9.17, 15) is 14.4 Å². The lowest BCUT2D eigenvalue weighted by molar-refractivity contribution is -0.148. The number of benzene rings is 1. The van der Waals surface area contributed by atoms with E-state index >= 15 is 0 Å². The molecule has 7 heteroatoms. The molecule has 1 heterocycles. The summed E-state index contributed by atoms with van der Waals surface area (Å²) < 4.78 is 4.89. The number of rotatable bonds is 8. The lowest BCUT2D eigenvalue weighted by Gasteiger charge is -2.07. The zero-order valence-corrected chi connectivity index (χ0v) is 14.4. The van der Waals surface area contributed by atoms with Crippen LogP contribution in [-0.4, -0.2) is 29.1 Å². The fourth-order valence-electron chi connectivity index (χ4n) is 2.06. The van der Waals surface area contributed by atoms with Crippen LogP contribution in [0.1, 0.15) is 39.8 Å². The van der Waals surface area contributed by atoms with E-state index < -0.39 is 24.3 Å². The van der Waals surface area contributed by atoms with Gasteiger partial charge in [0.25, 0.3) is 0 Å². The molecule has 1 aromatic carbocycles. The molecule has 0 aliphatic carbocycles. The van der Waals surface area contributed by atoms with E-state index in [-0.39, 0.29) is 18.6 Å². The summed E-state index contributed by atoms with van der Waals surface area (Å²) in [4.78, 5) is 39.8. The van der Waals surface area contributed by atoms with Gasteiger partial charge < -0.3 is 4.74 Å². The van der Waals surface area contributed by atoms with Crippen molar-refractivity contribution < 1.29 is 19.1 Å². The molecule has 0 unspecified atom stereocenters. The minimum atomic E-state index is -1.04. The second-order valence-corrected chi connectivity index (χ2v) is 6.20. The Morgan fingerprint density at radius 1 is 1.24 bits per heavy atom. The normalized spacial score (nSPS) is 11.4. The van der Waals surface area contributed by atoms with Crippen molar-refractivity contribution in [3.8, 4) is 6.07 Å². The van der Waals surface area contributed by atoms with E-state index in [1.54, 1.807) is 42.6 Å². The maximum Gasteiger partial charge on any atom is 0.306 e. The summed E-state index contributed by atoms with van der Waals surface area (Å²) in [5.41, 5.74) is 1.25.